The van der Waals surface area contributed by atoms with E-state index < -0.39 is 11.6 Å². The van der Waals surface area contributed by atoms with Crippen molar-refractivity contribution in [2.75, 3.05) is 11.1 Å². The predicted octanol–water partition coefficient (Wildman–Crippen LogP) is 3.78. The van der Waals surface area contributed by atoms with Crippen molar-refractivity contribution in [2.24, 2.45) is 11.8 Å². The fourth-order valence-corrected chi connectivity index (χ4v) is 2.80. The average molecular weight is 254 g/mol. The summed E-state index contributed by atoms with van der Waals surface area (Å²) < 4.78 is 27.4. The molecule has 4 heteroatoms. The molecule has 0 bridgehead atoms. The Balaban J connectivity index is 2.14. The molecule has 3 unspecified atom stereocenters. The van der Waals surface area contributed by atoms with Crippen molar-refractivity contribution < 1.29 is 8.78 Å². The van der Waals surface area contributed by atoms with Gasteiger partial charge in [-0.05, 0) is 43.2 Å². The van der Waals surface area contributed by atoms with Gasteiger partial charge in [0.2, 0.25) is 0 Å². The third-order valence-electron chi connectivity index (χ3n) is 3.83. The first-order valence-corrected chi connectivity index (χ1v) is 6.48. The van der Waals surface area contributed by atoms with Gasteiger partial charge in [0.1, 0.15) is 5.69 Å². The summed E-state index contributed by atoms with van der Waals surface area (Å²) in [5.74, 6) is -0.110. The maximum Gasteiger partial charge on any atom is 0.151 e. The molecule has 3 N–H and O–H groups in total. The molecule has 0 radical (unpaired) electrons. The maximum absolute atomic E-state index is 13.7. The van der Waals surface area contributed by atoms with Crippen molar-refractivity contribution in [3.63, 3.8) is 0 Å². The second-order valence-electron chi connectivity index (χ2n) is 5.51. The predicted molar refractivity (Wildman–Crippen MR) is 70.4 cm³/mol. The maximum atomic E-state index is 13.7. The van der Waals surface area contributed by atoms with Crippen molar-refractivity contribution in [2.45, 2.75) is 39.2 Å². The summed E-state index contributed by atoms with van der Waals surface area (Å²) in [6.45, 7) is 4.34. The molecule has 1 aromatic carbocycles. The number of nitrogen functional groups attached to an aromatic ring is 1. The van der Waals surface area contributed by atoms with Crippen LogP contribution in [0.1, 0.15) is 33.1 Å². The van der Waals surface area contributed by atoms with E-state index >= 15 is 0 Å². The molecule has 1 fully saturated rings. The van der Waals surface area contributed by atoms with Crippen molar-refractivity contribution >= 4 is 11.4 Å². The lowest BCUT2D eigenvalue weighted by molar-refractivity contribution is 0.275. The van der Waals surface area contributed by atoms with Crippen LogP contribution < -0.4 is 11.1 Å². The van der Waals surface area contributed by atoms with Crippen LogP contribution in [-0.2, 0) is 0 Å². The molecule has 0 heterocycles. The molecular weight excluding hydrogens is 234 g/mol. The van der Waals surface area contributed by atoms with Gasteiger partial charge >= 0.3 is 0 Å². The fraction of sp³-hybridized carbons (Fsp3) is 0.571. The molecule has 0 aromatic heterocycles. The highest BCUT2D eigenvalue weighted by atomic mass is 19.1. The van der Waals surface area contributed by atoms with Crippen LogP contribution in [0.25, 0.3) is 0 Å². The van der Waals surface area contributed by atoms with Gasteiger partial charge in [0.25, 0.3) is 0 Å². The van der Waals surface area contributed by atoms with Gasteiger partial charge in [0, 0.05) is 11.7 Å². The SMILES string of the molecule is CC1CCC(Nc2c(F)cc(N)cc2F)C(C)C1. The standard InChI is InChI=1S/C14H20F2N2/c1-8-3-4-13(9(2)5-8)18-14-11(15)6-10(17)7-12(14)16/h6-9,13,18H,3-5,17H2,1-2H3. The molecule has 3 atom stereocenters. The van der Waals surface area contributed by atoms with E-state index in [4.69, 9.17) is 5.73 Å². The van der Waals surface area contributed by atoms with Crippen LogP contribution in [0, 0.1) is 23.5 Å². The molecule has 100 valence electrons. The highest BCUT2D eigenvalue weighted by Crippen LogP contribution is 2.32. The van der Waals surface area contributed by atoms with Gasteiger partial charge < -0.3 is 11.1 Å². The first-order chi connectivity index (χ1) is 8.47. The summed E-state index contributed by atoms with van der Waals surface area (Å²) in [5.41, 5.74) is 5.47. The Morgan fingerprint density at radius 3 is 2.33 bits per heavy atom. The summed E-state index contributed by atoms with van der Waals surface area (Å²) in [6.07, 6.45) is 3.14. The van der Waals surface area contributed by atoms with Gasteiger partial charge in [-0.2, -0.15) is 0 Å². The first-order valence-electron chi connectivity index (χ1n) is 6.48. The molecule has 1 aliphatic rings. The number of nitrogens with one attached hydrogen (secondary N) is 1. The van der Waals surface area contributed by atoms with Crippen molar-refractivity contribution in [3.8, 4) is 0 Å². The Labute approximate surface area is 107 Å². The topological polar surface area (TPSA) is 38.0 Å². The number of halogens is 2. The van der Waals surface area contributed by atoms with E-state index in [0.717, 1.165) is 31.4 Å². The minimum atomic E-state index is -0.613. The number of benzene rings is 1. The summed E-state index contributed by atoms with van der Waals surface area (Å²) in [4.78, 5) is 0. The van der Waals surface area contributed by atoms with Crippen molar-refractivity contribution in [3.05, 3.63) is 23.8 Å². The Hall–Kier alpha value is -1.32. The van der Waals surface area contributed by atoms with Crippen LogP contribution in [0.2, 0.25) is 0 Å². The lowest BCUT2D eigenvalue weighted by Crippen LogP contribution is -2.33. The van der Waals surface area contributed by atoms with E-state index in [9.17, 15) is 8.78 Å². The van der Waals surface area contributed by atoms with Crippen LogP contribution >= 0.6 is 0 Å². The van der Waals surface area contributed by atoms with E-state index in [1.807, 2.05) is 0 Å². The van der Waals surface area contributed by atoms with Gasteiger partial charge in [-0.15, -0.1) is 0 Å². The van der Waals surface area contributed by atoms with Crippen LogP contribution in [0.15, 0.2) is 12.1 Å². The summed E-state index contributed by atoms with van der Waals surface area (Å²) in [7, 11) is 0. The lowest BCUT2D eigenvalue weighted by atomic mass is 9.80. The number of hydrogen-bond acceptors (Lipinski definition) is 2. The van der Waals surface area contributed by atoms with E-state index in [1.165, 1.54) is 0 Å². The quantitative estimate of drug-likeness (QED) is 0.788. The fourth-order valence-electron chi connectivity index (χ4n) is 2.80. The zero-order valence-electron chi connectivity index (χ0n) is 10.8. The molecular formula is C14H20F2N2. The Morgan fingerprint density at radius 2 is 1.78 bits per heavy atom. The average Bonchev–Trinajstić information content (AvgIpc) is 2.25. The van der Waals surface area contributed by atoms with E-state index in [2.05, 4.69) is 19.2 Å². The van der Waals surface area contributed by atoms with Gasteiger partial charge in [-0.25, -0.2) is 8.78 Å². The molecule has 18 heavy (non-hydrogen) atoms. The number of rotatable bonds is 2. The third kappa shape index (κ3) is 2.74. The van der Waals surface area contributed by atoms with E-state index in [0.29, 0.717) is 11.8 Å². The zero-order valence-corrected chi connectivity index (χ0v) is 10.8. The number of anilines is 2. The molecule has 1 saturated carbocycles. The molecule has 2 nitrogen and oxygen atoms in total. The number of hydrogen-bond donors (Lipinski definition) is 2. The smallest absolute Gasteiger partial charge is 0.151 e. The van der Waals surface area contributed by atoms with Gasteiger partial charge in [-0.3, -0.25) is 0 Å². The summed E-state index contributed by atoms with van der Waals surface area (Å²) in [5, 5.41) is 3.01. The zero-order chi connectivity index (χ0) is 13.3. The summed E-state index contributed by atoms with van der Waals surface area (Å²) >= 11 is 0. The Morgan fingerprint density at radius 1 is 1.17 bits per heavy atom. The van der Waals surface area contributed by atoms with Crippen LogP contribution in [0.3, 0.4) is 0 Å². The Bertz CT molecular complexity index is 411. The second kappa shape index (κ2) is 5.12. The molecule has 0 spiro atoms. The molecule has 2 rings (SSSR count). The second-order valence-corrected chi connectivity index (χ2v) is 5.51. The van der Waals surface area contributed by atoms with Crippen molar-refractivity contribution in [1.29, 1.82) is 0 Å². The normalized spacial score (nSPS) is 28.1. The molecule has 1 aliphatic carbocycles. The van der Waals surface area contributed by atoms with E-state index in [1.54, 1.807) is 0 Å². The van der Waals surface area contributed by atoms with Gasteiger partial charge in [0.15, 0.2) is 11.6 Å². The highest BCUT2D eigenvalue weighted by Gasteiger charge is 2.26. The summed E-state index contributed by atoms with van der Waals surface area (Å²) in [6, 6.07) is 2.44. The molecule has 1 aromatic rings. The number of nitrogens with two attached hydrogens (primary N) is 1. The van der Waals surface area contributed by atoms with Crippen LogP contribution in [-0.4, -0.2) is 6.04 Å². The first kappa shape index (κ1) is 13.1. The van der Waals surface area contributed by atoms with E-state index in [-0.39, 0.29) is 17.4 Å². The van der Waals surface area contributed by atoms with Crippen molar-refractivity contribution in [1.82, 2.24) is 0 Å². The third-order valence-corrected chi connectivity index (χ3v) is 3.83. The van der Waals surface area contributed by atoms with Gasteiger partial charge in [0.05, 0.1) is 0 Å². The monoisotopic (exact) mass is 254 g/mol. The highest BCUT2D eigenvalue weighted by molar-refractivity contribution is 5.54. The Kier molecular flexibility index (Phi) is 3.73. The minimum absolute atomic E-state index is 0.0457. The molecule has 0 amide bonds. The largest absolute Gasteiger partial charge is 0.399 e. The molecule has 0 saturated heterocycles. The van der Waals surface area contributed by atoms with Gasteiger partial charge in [-0.1, -0.05) is 13.8 Å². The minimum Gasteiger partial charge on any atom is -0.399 e. The molecule has 0 aliphatic heterocycles. The van der Waals surface area contributed by atoms with Crippen LogP contribution in [0.5, 0.6) is 0 Å². The van der Waals surface area contributed by atoms with Crippen LogP contribution in [0.4, 0.5) is 20.2 Å². The lowest BCUT2D eigenvalue weighted by Gasteiger charge is -2.34.